The Kier molecular flexibility index (Phi) is 4.70. The first-order chi connectivity index (χ1) is 10.5. The molecule has 2 aromatic rings. The SMILES string of the molecule is CC(=O)Nc1ccc(Sc2ccc([N+](=O)[O-])c(C#N)n2)cc1. The molecule has 8 heteroatoms. The minimum Gasteiger partial charge on any atom is -0.326 e. The molecule has 1 aromatic carbocycles. The van der Waals surface area contributed by atoms with E-state index in [1.165, 1.54) is 30.8 Å². The molecule has 1 heterocycles. The highest BCUT2D eigenvalue weighted by molar-refractivity contribution is 7.99. The normalized spacial score (nSPS) is 9.82. The molecule has 2 rings (SSSR count). The van der Waals surface area contributed by atoms with E-state index in [-0.39, 0.29) is 17.3 Å². The predicted octanol–water partition coefficient (Wildman–Crippen LogP) is 2.97. The van der Waals surface area contributed by atoms with Crippen LogP contribution in [0.25, 0.3) is 0 Å². The van der Waals surface area contributed by atoms with Crippen molar-refractivity contribution in [3.8, 4) is 6.07 Å². The minimum atomic E-state index is -0.637. The lowest BCUT2D eigenvalue weighted by Crippen LogP contribution is -2.05. The maximum absolute atomic E-state index is 10.9. The number of nitrogens with zero attached hydrogens (tertiary/aromatic N) is 3. The van der Waals surface area contributed by atoms with Crippen molar-refractivity contribution in [3.05, 3.63) is 52.2 Å². The summed E-state index contributed by atoms with van der Waals surface area (Å²) in [7, 11) is 0. The van der Waals surface area contributed by atoms with Crippen LogP contribution < -0.4 is 5.32 Å². The van der Waals surface area contributed by atoms with Crippen LogP contribution in [0.5, 0.6) is 0 Å². The Morgan fingerprint density at radius 2 is 2.00 bits per heavy atom. The number of pyridine rings is 1. The maximum atomic E-state index is 10.9. The van der Waals surface area contributed by atoms with E-state index in [9.17, 15) is 14.9 Å². The molecule has 0 saturated carbocycles. The Morgan fingerprint density at radius 1 is 1.32 bits per heavy atom. The van der Waals surface area contributed by atoms with Crippen LogP contribution in [0, 0.1) is 21.4 Å². The summed E-state index contributed by atoms with van der Waals surface area (Å²) < 4.78 is 0. The molecule has 22 heavy (non-hydrogen) atoms. The zero-order valence-corrected chi connectivity index (χ0v) is 12.3. The number of anilines is 1. The van der Waals surface area contributed by atoms with E-state index in [0.717, 1.165) is 4.90 Å². The van der Waals surface area contributed by atoms with Crippen LogP contribution in [0.15, 0.2) is 46.3 Å². The van der Waals surface area contributed by atoms with E-state index < -0.39 is 4.92 Å². The van der Waals surface area contributed by atoms with Gasteiger partial charge in [0.05, 0.1) is 4.92 Å². The summed E-state index contributed by atoms with van der Waals surface area (Å²) >= 11 is 1.27. The van der Waals surface area contributed by atoms with Gasteiger partial charge in [-0.25, -0.2) is 4.98 Å². The summed E-state index contributed by atoms with van der Waals surface area (Å²) in [5.74, 6) is -0.156. The molecule has 0 fully saturated rings. The zero-order valence-electron chi connectivity index (χ0n) is 11.4. The molecule has 7 nitrogen and oxygen atoms in total. The summed E-state index contributed by atoms with van der Waals surface area (Å²) in [5, 5.41) is 22.8. The van der Waals surface area contributed by atoms with Gasteiger partial charge in [-0.15, -0.1) is 0 Å². The molecule has 0 spiro atoms. The molecular weight excluding hydrogens is 304 g/mol. The summed E-state index contributed by atoms with van der Waals surface area (Å²) in [6.45, 7) is 1.42. The number of carbonyl (C=O) groups is 1. The van der Waals surface area contributed by atoms with Crippen LogP contribution in [0.4, 0.5) is 11.4 Å². The van der Waals surface area contributed by atoms with Gasteiger partial charge < -0.3 is 5.32 Å². The van der Waals surface area contributed by atoms with Gasteiger partial charge in [0, 0.05) is 23.6 Å². The van der Waals surface area contributed by atoms with Crippen LogP contribution in [-0.4, -0.2) is 15.8 Å². The first kappa shape index (κ1) is 15.5. The Morgan fingerprint density at radius 3 is 2.55 bits per heavy atom. The molecule has 0 radical (unpaired) electrons. The van der Waals surface area contributed by atoms with Crippen LogP contribution in [0.3, 0.4) is 0 Å². The van der Waals surface area contributed by atoms with Crippen LogP contribution in [0.1, 0.15) is 12.6 Å². The highest BCUT2D eigenvalue weighted by Gasteiger charge is 2.15. The molecular formula is C14H10N4O3S. The van der Waals surface area contributed by atoms with Crippen molar-refractivity contribution in [2.75, 3.05) is 5.32 Å². The van der Waals surface area contributed by atoms with Crippen molar-refractivity contribution in [1.29, 1.82) is 5.26 Å². The highest BCUT2D eigenvalue weighted by atomic mass is 32.2. The summed E-state index contributed by atoms with van der Waals surface area (Å²) in [6, 6.07) is 11.5. The Hall–Kier alpha value is -2.92. The van der Waals surface area contributed by atoms with Crippen molar-refractivity contribution in [1.82, 2.24) is 4.98 Å². The number of nitro groups is 1. The molecule has 110 valence electrons. The van der Waals surface area contributed by atoms with E-state index >= 15 is 0 Å². The van der Waals surface area contributed by atoms with Gasteiger partial charge >= 0.3 is 5.69 Å². The summed E-state index contributed by atoms with van der Waals surface area (Å²) in [5.41, 5.74) is 0.143. The second-order valence-corrected chi connectivity index (χ2v) is 5.29. The number of nitrogens with one attached hydrogen (secondary N) is 1. The number of benzene rings is 1. The lowest BCUT2D eigenvalue weighted by molar-refractivity contribution is -0.385. The average molecular weight is 314 g/mol. The minimum absolute atomic E-state index is 0.156. The monoisotopic (exact) mass is 314 g/mol. The number of aromatic nitrogens is 1. The van der Waals surface area contributed by atoms with Gasteiger partial charge in [-0.1, -0.05) is 11.8 Å². The highest BCUT2D eigenvalue weighted by Crippen LogP contribution is 2.29. The molecule has 1 amide bonds. The Balaban J connectivity index is 2.19. The molecule has 0 aliphatic rings. The van der Waals surface area contributed by atoms with Gasteiger partial charge in [-0.05, 0) is 30.3 Å². The fraction of sp³-hybridized carbons (Fsp3) is 0.0714. The van der Waals surface area contributed by atoms with Crippen molar-refractivity contribution in [2.45, 2.75) is 16.8 Å². The van der Waals surface area contributed by atoms with Gasteiger partial charge in [0.1, 0.15) is 11.1 Å². The molecule has 0 unspecified atom stereocenters. The first-order valence-corrected chi connectivity index (χ1v) is 6.92. The fourth-order valence-electron chi connectivity index (χ4n) is 1.65. The number of hydrogen-bond acceptors (Lipinski definition) is 6. The van der Waals surface area contributed by atoms with E-state index in [1.807, 2.05) is 0 Å². The standard InChI is InChI=1S/C14H10N4O3S/c1-9(19)16-10-2-4-11(5-3-10)22-14-7-6-13(18(20)21)12(8-15)17-14/h2-7H,1H3,(H,16,19). The van der Waals surface area contributed by atoms with Gasteiger partial charge in [0.15, 0.2) is 0 Å². The van der Waals surface area contributed by atoms with E-state index in [0.29, 0.717) is 10.7 Å². The molecule has 1 aromatic heterocycles. The average Bonchev–Trinajstić information content (AvgIpc) is 2.48. The van der Waals surface area contributed by atoms with E-state index in [4.69, 9.17) is 5.26 Å². The first-order valence-electron chi connectivity index (χ1n) is 6.10. The predicted molar refractivity (Wildman–Crippen MR) is 80.5 cm³/mol. The summed E-state index contributed by atoms with van der Waals surface area (Å²) in [6.07, 6.45) is 0. The third-order valence-electron chi connectivity index (χ3n) is 2.55. The molecule has 0 aliphatic carbocycles. The maximum Gasteiger partial charge on any atom is 0.305 e. The molecule has 1 N–H and O–H groups in total. The van der Waals surface area contributed by atoms with Crippen LogP contribution in [0.2, 0.25) is 0 Å². The smallest absolute Gasteiger partial charge is 0.305 e. The lowest BCUT2D eigenvalue weighted by Gasteiger charge is -2.04. The Labute approximate surface area is 130 Å². The van der Waals surface area contributed by atoms with E-state index in [2.05, 4.69) is 10.3 Å². The van der Waals surface area contributed by atoms with Gasteiger partial charge in [0.2, 0.25) is 11.6 Å². The number of amides is 1. The van der Waals surface area contributed by atoms with Gasteiger partial charge in [-0.2, -0.15) is 5.26 Å². The van der Waals surface area contributed by atoms with Gasteiger partial charge in [0.25, 0.3) is 0 Å². The number of hydrogen-bond donors (Lipinski definition) is 1. The number of rotatable bonds is 4. The molecule has 0 bridgehead atoms. The van der Waals surface area contributed by atoms with Crippen molar-refractivity contribution in [2.24, 2.45) is 0 Å². The second-order valence-electron chi connectivity index (χ2n) is 4.19. The lowest BCUT2D eigenvalue weighted by atomic mass is 10.3. The van der Waals surface area contributed by atoms with E-state index in [1.54, 1.807) is 30.3 Å². The van der Waals surface area contributed by atoms with Crippen LogP contribution >= 0.6 is 11.8 Å². The topological polar surface area (TPSA) is 109 Å². The van der Waals surface area contributed by atoms with Gasteiger partial charge in [-0.3, -0.25) is 14.9 Å². The third kappa shape index (κ3) is 3.80. The molecule has 0 saturated heterocycles. The largest absolute Gasteiger partial charge is 0.326 e. The number of carbonyl (C=O) groups excluding carboxylic acids is 1. The molecule has 0 atom stereocenters. The zero-order chi connectivity index (χ0) is 16.1. The van der Waals surface area contributed by atoms with Crippen LogP contribution in [-0.2, 0) is 4.79 Å². The second kappa shape index (κ2) is 6.69. The molecule has 0 aliphatic heterocycles. The Bertz CT molecular complexity index is 769. The third-order valence-corrected chi connectivity index (χ3v) is 3.49. The number of nitriles is 1. The van der Waals surface area contributed by atoms with Crippen molar-refractivity contribution < 1.29 is 9.72 Å². The quantitative estimate of drug-likeness (QED) is 0.686. The fourth-order valence-corrected chi connectivity index (χ4v) is 2.44. The summed E-state index contributed by atoms with van der Waals surface area (Å²) in [4.78, 5) is 25.8. The van der Waals surface area contributed by atoms with Crippen molar-refractivity contribution in [3.63, 3.8) is 0 Å². The van der Waals surface area contributed by atoms with Crippen molar-refractivity contribution >= 4 is 29.0 Å².